The van der Waals surface area contributed by atoms with E-state index in [1.807, 2.05) is 13.4 Å². The summed E-state index contributed by atoms with van der Waals surface area (Å²) < 4.78 is 2.20. The van der Waals surface area contributed by atoms with Crippen LogP contribution in [-0.2, 0) is 0 Å². The number of anilines is 1. The zero-order chi connectivity index (χ0) is 11.0. The van der Waals surface area contributed by atoms with Crippen LogP contribution in [0, 0.1) is 0 Å². The predicted octanol–water partition coefficient (Wildman–Crippen LogP) is 1.98. The van der Waals surface area contributed by atoms with Crippen molar-refractivity contribution in [2.75, 3.05) is 12.4 Å². The first kappa shape index (κ1) is 9.57. The van der Waals surface area contributed by atoms with Gasteiger partial charge < -0.3 is 9.88 Å². The third-order valence-electron chi connectivity index (χ3n) is 3.31. The van der Waals surface area contributed by atoms with Crippen LogP contribution in [0.5, 0.6) is 0 Å². The molecule has 16 heavy (non-hydrogen) atoms. The van der Waals surface area contributed by atoms with Crippen molar-refractivity contribution in [2.45, 2.75) is 31.7 Å². The number of hydrogen-bond acceptors (Lipinski definition) is 4. The highest BCUT2D eigenvalue weighted by molar-refractivity contribution is 5.82. The number of nitrogens with one attached hydrogen (secondary N) is 1. The molecule has 0 bridgehead atoms. The molecule has 0 atom stereocenters. The lowest BCUT2D eigenvalue weighted by atomic mass is 10.2. The maximum atomic E-state index is 4.41. The summed E-state index contributed by atoms with van der Waals surface area (Å²) in [6.07, 6.45) is 8.61. The fraction of sp³-hybridized carbons (Fsp3) is 0.545. The van der Waals surface area contributed by atoms with E-state index in [0.717, 1.165) is 17.0 Å². The molecule has 1 saturated carbocycles. The smallest absolute Gasteiger partial charge is 0.165 e. The Morgan fingerprint density at radius 3 is 2.81 bits per heavy atom. The van der Waals surface area contributed by atoms with Crippen LogP contribution in [0.1, 0.15) is 31.7 Å². The first-order chi connectivity index (χ1) is 7.90. The zero-order valence-corrected chi connectivity index (χ0v) is 9.35. The fourth-order valence-corrected chi connectivity index (χ4v) is 2.48. The van der Waals surface area contributed by atoms with Gasteiger partial charge in [0.2, 0.25) is 0 Å². The van der Waals surface area contributed by atoms with E-state index in [2.05, 4.69) is 24.8 Å². The van der Waals surface area contributed by atoms with Crippen molar-refractivity contribution in [1.82, 2.24) is 19.5 Å². The zero-order valence-electron chi connectivity index (χ0n) is 9.35. The van der Waals surface area contributed by atoms with Gasteiger partial charge >= 0.3 is 0 Å². The van der Waals surface area contributed by atoms with Gasteiger partial charge in [0.15, 0.2) is 11.5 Å². The van der Waals surface area contributed by atoms with Gasteiger partial charge in [-0.05, 0) is 12.8 Å². The second-order valence-corrected chi connectivity index (χ2v) is 4.23. The summed E-state index contributed by atoms with van der Waals surface area (Å²) >= 11 is 0. The van der Waals surface area contributed by atoms with Crippen LogP contribution in [0.15, 0.2) is 12.7 Å². The average Bonchev–Trinajstić information content (AvgIpc) is 2.96. The van der Waals surface area contributed by atoms with Crippen molar-refractivity contribution in [3.8, 4) is 0 Å². The van der Waals surface area contributed by atoms with Crippen molar-refractivity contribution in [2.24, 2.45) is 0 Å². The summed E-state index contributed by atoms with van der Waals surface area (Å²) in [5.41, 5.74) is 1.82. The van der Waals surface area contributed by atoms with Crippen molar-refractivity contribution in [1.29, 1.82) is 0 Å². The molecule has 5 nitrogen and oxygen atoms in total. The van der Waals surface area contributed by atoms with Crippen molar-refractivity contribution in [3.63, 3.8) is 0 Å². The lowest BCUT2D eigenvalue weighted by molar-refractivity contribution is 0.529. The number of fused-ring (bicyclic) bond motifs is 1. The molecule has 0 aromatic carbocycles. The number of nitrogens with zero attached hydrogens (tertiary/aromatic N) is 4. The molecule has 0 aliphatic heterocycles. The van der Waals surface area contributed by atoms with Gasteiger partial charge in [0.25, 0.3) is 0 Å². The quantitative estimate of drug-likeness (QED) is 0.835. The Hall–Kier alpha value is -1.65. The molecule has 0 amide bonds. The van der Waals surface area contributed by atoms with Crippen LogP contribution < -0.4 is 5.32 Å². The molecule has 2 aromatic heterocycles. The molecule has 1 fully saturated rings. The molecule has 5 heteroatoms. The number of hydrogen-bond donors (Lipinski definition) is 1. The molecule has 0 radical (unpaired) electrons. The topological polar surface area (TPSA) is 55.6 Å². The van der Waals surface area contributed by atoms with Crippen molar-refractivity contribution < 1.29 is 0 Å². The van der Waals surface area contributed by atoms with Crippen LogP contribution in [0.25, 0.3) is 11.2 Å². The summed E-state index contributed by atoms with van der Waals surface area (Å²) in [7, 11) is 1.86. The van der Waals surface area contributed by atoms with E-state index in [-0.39, 0.29) is 0 Å². The third-order valence-corrected chi connectivity index (χ3v) is 3.31. The Bertz CT molecular complexity index is 498. The highest BCUT2D eigenvalue weighted by Gasteiger charge is 2.20. The standard InChI is InChI=1S/C11H15N5/c1-12-10-9-11(14-6-13-10)16(7-15-9)8-4-2-3-5-8/h6-8H,2-5H2,1H3,(H,12,13,14). The SMILES string of the molecule is CNc1ncnc2c1ncn2C1CCCC1. The number of aromatic nitrogens is 4. The van der Waals surface area contributed by atoms with Crippen LogP contribution in [0.3, 0.4) is 0 Å². The minimum Gasteiger partial charge on any atom is -0.371 e. The molecule has 2 heterocycles. The molecular formula is C11H15N5. The minimum atomic E-state index is 0.574. The predicted molar refractivity (Wildman–Crippen MR) is 62.4 cm³/mol. The number of rotatable bonds is 2. The third kappa shape index (κ3) is 1.35. The molecule has 0 spiro atoms. The Morgan fingerprint density at radius 1 is 1.25 bits per heavy atom. The van der Waals surface area contributed by atoms with Gasteiger partial charge in [0.1, 0.15) is 11.8 Å². The highest BCUT2D eigenvalue weighted by atomic mass is 15.2. The first-order valence-electron chi connectivity index (χ1n) is 5.75. The summed E-state index contributed by atoms with van der Waals surface area (Å²) in [6.45, 7) is 0. The van der Waals surface area contributed by atoms with E-state index in [9.17, 15) is 0 Å². The molecule has 1 N–H and O–H groups in total. The lowest BCUT2D eigenvalue weighted by Crippen LogP contribution is -2.04. The van der Waals surface area contributed by atoms with Crippen molar-refractivity contribution >= 4 is 17.0 Å². The summed E-state index contributed by atoms with van der Waals surface area (Å²) in [5, 5.41) is 3.05. The van der Waals surface area contributed by atoms with Crippen LogP contribution in [-0.4, -0.2) is 26.6 Å². The molecule has 1 aliphatic rings. The van der Waals surface area contributed by atoms with Gasteiger partial charge in [0, 0.05) is 13.1 Å². The summed E-state index contributed by atoms with van der Waals surface area (Å²) in [6, 6.07) is 0.574. The molecule has 2 aromatic rings. The van der Waals surface area contributed by atoms with Gasteiger partial charge in [-0.2, -0.15) is 0 Å². The molecule has 0 unspecified atom stereocenters. The monoisotopic (exact) mass is 217 g/mol. The van der Waals surface area contributed by atoms with E-state index in [1.54, 1.807) is 6.33 Å². The summed E-state index contributed by atoms with van der Waals surface area (Å²) in [5.74, 6) is 0.807. The normalized spacial score (nSPS) is 17.1. The van der Waals surface area contributed by atoms with Gasteiger partial charge in [-0.3, -0.25) is 0 Å². The van der Waals surface area contributed by atoms with Crippen LogP contribution in [0.4, 0.5) is 5.82 Å². The summed E-state index contributed by atoms with van der Waals surface area (Å²) in [4.78, 5) is 12.9. The Morgan fingerprint density at radius 2 is 2.06 bits per heavy atom. The molecule has 84 valence electrons. The van der Waals surface area contributed by atoms with E-state index in [0.29, 0.717) is 6.04 Å². The van der Waals surface area contributed by atoms with Gasteiger partial charge in [-0.15, -0.1) is 0 Å². The Labute approximate surface area is 93.9 Å². The van der Waals surface area contributed by atoms with Crippen molar-refractivity contribution in [3.05, 3.63) is 12.7 Å². The Kier molecular flexibility index (Phi) is 2.23. The van der Waals surface area contributed by atoms with E-state index < -0.39 is 0 Å². The van der Waals surface area contributed by atoms with E-state index in [4.69, 9.17) is 0 Å². The second-order valence-electron chi connectivity index (χ2n) is 4.23. The molecular weight excluding hydrogens is 202 g/mol. The largest absolute Gasteiger partial charge is 0.371 e. The van der Waals surface area contributed by atoms with Crippen LogP contribution in [0.2, 0.25) is 0 Å². The van der Waals surface area contributed by atoms with E-state index in [1.165, 1.54) is 25.7 Å². The molecule has 1 aliphatic carbocycles. The maximum Gasteiger partial charge on any atom is 0.165 e. The van der Waals surface area contributed by atoms with Gasteiger partial charge in [-0.25, -0.2) is 15.0 Å². The Balaban J connectivity index is 2.12. The second kappa shape index (κ2) is 3.73. The van der Waals surface area contributed by atoms with Crippen LogP contribution >= 0.6 is 0 Å². The minimum absolute atomic E-state index is 0.574. The highest BCUT2D eigenvalue weighted by Crippen LogP contribution is 2.32. The molecule has 3 rings (SSSR count). The van der Waals surface area contributed by atoms with E-state index >= 15 is 0 Å². The number of imidazole rings is 1. The first-order valence-corrected chi connectivity index (χ1v) is 5.75. The fourth-order valence-electron chi connectivity index (χ4n) is 2.48. The molecule has 0 saturated heterocycles. The maximum absolute atomic E-state index is 4.41. The average molecular weight is 217 g/mol. The van der Waals surface area contributed by atoms with Gasteiger partial charge in [-0.1, -0.05) is 12.8 Å². The lowest BCUT2D eigenvalue weighted by Gasteiger charge is -2.11. The van der Waals surface area contributed by atoms with Gasteiger partial charge in [0.05, 0.1) is 6.33 Å².